The summed E-state index contributed by atoms with van der Waals surface area (Å²) in [6.07, 6.45) is -2.81. The van der Waals surface area contributed by atoms with Gasteiger partial charge in [-0.1, -0.05) is 5.16 Å². The number of nitrogens with one attached hydrogen (secondary N) is 3. The maximum absolute atomic E-state index is 13.9. The van der Waals surface area contributed by atoms with Gasteiger partial charge in [-0.25, -0.2) is 24.4 Å². The highest BCUT2D eigenvalue weighted by atomic mass is 32.3. The van der Waals surface area contributed by atoms with Crippen LogP contribution in [-0.2, 0) is 48.1 Å². The Morgan fingerprint density at radius 2 is 1.60 bits per heavy atom. The van der Waals surface area contributed by atoms with Crippen molar-refractivity contribution in [2.45, 2.75) is 117 Å². The zero-order valence-electron chi connectivity index (χ0n) is 36.6. The number of benzene rings is 1. The molecule has 1 aromatic carbocycles. The van der Waals surface area contributed by atoms with E-state index in [0.29, 0.717) is 40.6 Å². The number of hydrogen-bond donors (Lipinski definition) is 4. The fourth-order valence-electron chi connectivity index (χ4n) is 5.78. The summed E-state index contributed by atoms with van der Waals surface area (Å²) in [5, 5.41) is 14.6. The third-order valence-corrected chi connectivity index (χ3v) is 9.67. The predicted octanol–water partition coefficient (Wildman–Crippen LogP) is 4.42. The van der Waals surface area contributed by atoms with Gasteiger partial charge in [0.2, 0.25) is 0 Å². The summed E-state index contributed by atoms with van der Waals surface area (Å²) in [7, 11) is -5.09. The quantitative estimate of drug-likeness (QED) is 0.0435. The lowest BCUT2D eigenvalue weighted by molar-refractivity contribution is -0.218. The molecule has 2 unspecified atom stereocenters. The molecular formula is C39H52N8O14S2. The van der Waals surface area contributed by atoms with Gasteiger partial charge in [0.25, 0.3) is 17.9 Å². The maximum Gasteiger partial charge on any atom is 0.418 e. The maximum atomic E-state index is 13.9. The Morgan fingerprint density at radius 1 is 0.952 bits per heavy atom. The number of ether oxygens (including phenoxy) is 4. The number of rotatable bonds is 14. The zero-order valence-corrected chi connectivity index (χ0v) is 38.3. The average Bonchev–Trinajstić information content (AvgIpc) is 3.56. The van der Waals surface area contributed by atoms with Crippen LogP contribution < -0.4 is 20.7 Å². The van der Waals surface area contributed by atoms with Crippen LogP contribution in [0.25, 0.3) is 10.9 Å². The van der Waals surface area contributed by atoms with Crippen molar-refractivity contribution in [3.63, 3.8) is 0 Å². The lowest BCUT2D eigenvalue weighted by Gasteiger charge is -2.50. The van der Waals surface area contributed by atoms with Gasteiger partial charge in [0.1, 0.15) is 46.7 Å². The number of thiazole rings is 1. The van der Waals surface area contributed by atoms with E-state index in [-0.39, 0.29) is 23.0 Å². The molecule has 2 aromatic heterocycles. The van der Waals surface area contributed by atoms with Gasteiger partial charge in [-0.15, -0.1) is 15.6 Å². The molecule has 4 heterocycles. The first kappa shape index (κ1) is 48.2. The highest BCUT2D eigenvalue weighted by Crippen LogP contribution is 2.33. The van der Waals surface area contributed by atoms with Crippen LogP contribution in [-0.4, -0.2) is 129 Å². The van der Waals surface area contributed by atoms with E-state index in [1.807, 2.05) is 26.8 Å². The molecule has 4 amide bonds. The van der Waals surface area contributed by atoms with E-state index in [9.17, 15) is 32.4 Å². The molecule has 0 aliphatic carbocycles. The molecular weight excluding hydrogens is 869 g/mol. The summed E-state index contributed by atoms with van der Waals surface area (Å²) in [5.74, 6) is -2.09. The number of carbonyl (C=O) groups excluding carboxylic acids is 5. The van der Waals surface area contributed by atoms with Crippen LogP contribution in [0.15, 0.2) is 40.9 Å². The summed E-state index contributed by atoms with van der Waals surface area (Å²) in [4.78, 5) is 81.2. The number of anilines is 2. The fourth-order valence-corrected chi connectivity index (χ4v) is 6.92. The molecule has 22 nitrogen and oxygen atoms in total. The van der Waals surface area contributed by atoms with Crippen molar-refractivity contribution in [3.05, 3.63) is 41.4 Å². The molecule has 0 saturated carbocycles. The Balaban J connectivity index is 1.34. The van der Waals surface area contributed by atoms with Gasteiger partial charge in [0.05, 0.1) is 17.1 Å². The summed E-state index contributed by atoms with van der Waals surface area (Å²) in [5.41, 5.74) is -4.03. The van der Waals surface area contributed by atoms with Crippen molar-refractivity contribution in [1.29, 1.82) is 0 Å². The number of amides is 4. The van der Waals surface area contributed by atoms with Crippen molar-refractivity contribution in [1.82, 2.24) is 25.2 Å². The Morgan fingerprint density at radius 3 is 2.21 bits per heavy atom. The van der Waals surface area contributed by atoms with Gasteiger partial charge >= 0.3 is 28.6 Å². The number of likely N-dealkylation sites (tertiary alicyclic amines) is 1. The van der Waals surface area contributed by atoms with Gasteiger partial charge in [0.15, 0.2) is 10.8 Å². The summed E-state index contributed by atoms with van der Waals surface area (Å²) in [6, 6.07) is 7.21. The van der Waals surface area contributed by atoms with E-state index in [1.165, 1.54) is 19.2 Å². The number of fused-ring (bicyclic) bond motifs is 1. The SMILES string of the molecule is CC(C)(C)OC(=O)Nc1nc(C(=NOC(COc2ccc3nc(NC4CN(C(=O)OC(C)(C)C)C4)ccc3c2)C(=O)OC(C)(C)C)C(=O)NC2C(=O)N(OS(=O)(=O)O)C2(C)C)cs1. The lowest BCUT2D eigenvalue weighted by atomic mass is 9.84. The van der Waals surface area contributed by atoms with Crippen molar-refractivity contribution in [2.24, 2.45) is 5.16 Å². The number of β-lactam (4-membered cyclic amide) rings is 1. The van der Waals surface area contributed by atoms with E-state index in [0.717, 1.165) is 11.3 Å². The van der Waals surface area contributed by atoms with Gasteiger partial charge < -0.3 is 39.3 Å². The zero-order chi connectivity index (χ0) is 46.9. The molecule has 5 rings (SSSR count). The van der Waals surface area contributed by atoms with E-state index in [1.54, 1.807) is 70.7 Å². The number of aromatic nitrogens is 2. The van der Waals surface area contributed by atoms with Crippen molar-refractivity contribution >= 4 is 79.3 Å². The molecule has 2 atom stereocenters. The van der Waals surface area contributed by atoms with E-state index in [2.05, 4.69) is 35.4 Å². The largest absolute Gasteiger partial charge is 0.489 e. The minimum atomic E-state index is -5.09. The van der Waals surface area contributed by atoms with Crippen LogP contribution >= 0.6 is 11.3 Å². The molecule has 4 N–H and O–H groups in total. The average molecular weight is 921 g/mol. The van der Waals surface area contributed by atoms with Crippen LogP contribution in [0.3, 0.4) is 0 Å². The molecule has 63 heavy (non-hydrogen) atoms. The number of oxime groups is 1. The van der Waals surface area contributed by atoms with Crippen molar-refractivity contribution < 1.29 is 65.0 Å². The van der Waals surface area contributed by atoms with Crippen molar-refractivity contribution in [2.75, 3.05) is 30.3 Å². The Labute approximate surface area is 367 Å². The van der Waals surface area contributed by atoms with Crippen LogP contribution in [0, 0.1) is 0 Å². The number of carbonyl (C=O) groups is 5. The number of hydroxylamine groups is 2. The predicted molar refractivity (Wildman–Crippen MR) is 227 cm³/mol. The summed E-state index contributed by atoms with van der Waals surface area (Å²) < 4.78 is 58.4. The van der Waals surface area contributed by atoms with Crippen molar-refractivity contribution in [3.8, 4) is 5.75 Å². The van der Waals surface area contributed by atoms with Gasteiger partial charge in [-0.05, 0) is 106 Å². The lowest BCUT2D eigenvalue weighted by Crippen LogP contribution is -2.76. The fraction of sp³-hybridized carbons (Fsp3) is 0.538. The highest BCUT2D eigenvalue weighted by molar-refractivity contribution is 7.80. The molecule has 2 saturated heterocycles. The van der Waals surface area contributed by atoms with Gasteiger partial charge in [0, 0.05) is 23.9 Å². The first-order valence-electron chi connectivity index (χ1n) is 19.5. The van der Waals surface area contributed by atoms with Crippen LogP contribution in [0.4, 0.5) is 20.5 Å². The molecule has 2 aliphatic rings. The number of nitrogens with zero attached hydrogens (tertiary/aromatic N) is 5. The third kappa shape index (κ3) is 13.3. The highest BCUT2D eigenvalue weighted by Gasteiger charge is 2.58. The number of hydrogen-bond acceptors (Lipinski definition) is 18. The molecule has 24 heteroatoms. The standard InChI is InChI=1S/C39H52N8O14S2/c1-36(2,3)57-32(50)26(19-56-23-13-14-24-21(16-23)12-15-27(41-24)40-22-17-46(18-22)35(52)59-38(7,8)9)60-45-28(25-20-62-33(42-25)44-34(51)58-37(4,5)6)30(48)43-29-31(49)47(39(29,10)11)61-63(53,54)55/h12-16,20,22,26,29H,17-19H2,1-11H3,(H,40,41)(H,43,48)(H,42,44,51)(H,53,54,55). The number of pyridine rings is 1. The van der Waals surface area contributed by atoms with Crippen LogP contribution in [0.2, 0.25) is 0 Å². The van der Waals surface area contributed by atoms with E-state index < -0.39 is 81.1 Å². The molecule has 344 valence electrons. The molecule has 0 radical (unpaired) electrons. The molecule has 0 spiro atoms. The minimum Gasteiger partial charge on any atom is -0.489 e. The Bertz CT molecular complexity index is 2380. The monoisotopic (exact) mass is 920 g/mol. The van der Waals surface area contributed by atoms with Crippen LogP contribution in [0.5, 0.6) is 5.75 Å². The molecule has 0 bridgehead atoms. The minimum absolute atomic E-state index is 0.0128. The molecule has 3 aromatic rings. The third-order valence-electron chi connectivity index (χ3n) is 8.58. The van der Waals surface area contributed by atoms with Gasteiger partial charge in [-0.3, -0.25) is 19.5 Å². The Hall–Kier alpha value is -5.85. The van der Waals surface area contributed by atoms with Crippen LogP contribution in [0.1, 0.15) is 81.9 Å². The Kier molecular flexibility index (Phi) is 13.8. The summed E-state index contributed by atoms with van der Waals surface area (Å²) in [6.45, 7) is 18.5. The normalized spacial score (nSPS) is 17.5. The molecule has 2 aliphatic heterocycles. The topological polar surface area (TPSA) is 276 Å². The smallest absolute Gasteiger partial charge is 0.418 e. The second-order valence-corrected chi connectivity index (χ2v) is 19.9. The first-order chi connectivity index (χ1) is 29.0. The van der Waals surface area contributed by atoms with Gasteiger partial charge in [-0.2, -0.15) is 13.5 Å². The first-order valence-corrected chi connectivity index (χ1v) is 21.7. The second-order valence-electron chi connectivity index (χ2n) is 18.0. The molecule has 2 fully saturated rings. The van der Waals surface area contributed by atoms with E-state index >= 15 is 0 Å². The van der Waals surface area contributed by atoms with E-state index in [4.69, 9.17) is 28.3 Å². The second kappa shape index (κ2) is 18.1. The number of esters is 1. The summed E-state index contributed by atoms with van der Waals surface area (Å²) >= 11 is 0.889.